The van der Waals surface area contributed by atoms with Gasteiger partial charge in [0.05, 0.1) is 5.92 Å². The molecule has 2 N–H and O–H groups in total. The van der Waals surface area contributed by atoms with Crippen LogP contribution >= 0.6 is 0 Å². The van der Waals surface area contributed by atoms with Crippen LogP contribution in [0.3, 0.4) is 0 Å². The van der Waals surface area contributed by atoms with E-state index in [1.54, 1.807) is 12.1 Å². The number of likely N-dealkylation sites (tertiary alicyclic amines) is 1. The highest BCUT2D eigenvalue weighted by atomic mass is 16.5. The summed E-state index contributed by atoms with van der Waals surface area (Å²) >= 11 is 0. The van der Waals surface area contributed by atoms with Crippen LogP contribution < -0.4 is 5.32 Å². The fraction of sp³-hybridized carbons (Fsp3) is 0.412. The first kappa shape index (κ1) is 15.6. The molecule has 2 amide bonds. The fourth-order valence-electron chi connectivity index (χ4n) is 2.93. The molecule has 0 bridgehead atoms. The first-order valence-electron chi connectivity index (χ1n) is 8.33. The van der Waals surface area contributed by atoms with Crippen molar-refractivity contribution in [3.8, 4) is 11.4 Å². The smallest absolute Gasteiger partial charge is 0.321 e. The highest BCUT2D eigenvalue weighted by Gasteiger charge is 2.31. The molecule has 2 aromatic rings. The number of benzene rings is 1. The number of carboxylic acid groups (broad SMARTS) is 1. The van der Waals surface area contributed by atoms with Crippen molar-refractivity contribution >= 4 is 17.7 Å². The highest BCUT2D eigenvalue weighted by Crippen LogP contribution is 2.39. The monoisotopic (exact) mass is 342 g/mol. The van der Waals surface area contributed by atoms with Crippen LogP contribution in [-0.2, 0) is 4.79 Å². The summed E-state index contributed by atoms with van der Waals surface area (Å²) in [5.74, 6) is 0.214. The van der Waals surface area contributed by atoms with E-state index >= 15 is 0 Å². The molecule has 2 fully saturated rings. The second-order valence-electron chi connectivity index (χ2n) is 6.51. The molecular formula is C17H18N4O4. The van der Waals surface area contributed by atoms with Crippen LogP contribution in [0.4, 0.5) is 10.5 Å². The standard InChI is InChI=1S/C17H18N4O4/c22-16(23)12-6-7-21(9-12)17(24)18-13-3-1-2-11(8-13)14-19-15(25-20-14)10-4-5-10/h1-3,8,10,12H,4-7,9H2,(H,18,24)(H,22,23). The highest BCUT2D eigenvalue weighted by molar-refractivity contribution is 5.90. The summed E-state index contributed by atoms with van der Waals surface area (Å²) in [6, 6.07) is 6.92. The lowest BCUT2D eigenvalue weighted by Gasteiger charge is -2.16. The molecule has 1 saturated carbocycles. The van der Waals surface area contributed by atoms with E-state index in [0.29, 0.717) is 36.3 Å². The number of amides is 2. The molecule has 1 saturated heterocycles. The topological polar surface area (TPSA) is 109 Å². The lowest BCUT2D eigenvalue weighted by molar-refractivity contribution is -0.141. The lowest BCUT2D eigenvalue weighted by Crippen LogP contribution is -2.33. The van der Waals surface area contributed by atoms with Gasteiger partial charge in [0.25, 0.3) is 0 Å². The first-order chi connectivity index (χ1) is 12.1. The van der Waals surface area contributed by atoms with E-state index in [4.69, 9.17) is 9.63 Å². The molecule has 2 aliphatic rings. The van der Waals surface area contributed by atoms with Crippen LogP contribution in [0.5, 0.6) is 0 Å². The first-order valence-corrected chi connectivity index (χ1v) is 8.33. The van der Waals surface area contributed by atoms with Gasteiger partial charge in [0, 0.05) is 30.3 Å². The quantitative estimate of drug-likeness (QED) is 0.884. The molecule has 0 radical (unpaired) electrons. The SMILES string of the molecule is O=C(O)C1CCN(C(=O)Nc2cccc(-c3noc(C4CC4)n3)c2)C1. The minimum atomic E-state index is -0.860. The number of aliphatic carboxylic acids is 1. The molecule has 4 rings (SSSR count). The molecule has 8 heteroatoms. The van der Waals surface area contributed by atoms with E-state index in [-0.39, 0.29) is 12.6 Å². The van der Waals surface area contributed by atoms with E-state index < -0.39 is 11.9 Å². The molecule has 1 aliphatic carbocycles. The average Bonchev–Trinajstić information content (AvgIpc) is 3.13. The number of rotatable bonds is 4. The Morgan fingerprint density at radius 3 is 2.84 bits per heavy atom. The number of hydrogen-bond acceptors (Lipinski definition) is 5. The molecule has 130 valence electrons. The van der Waals surface area contributed by atoms with Crippen LogP contribution in [0.2, 0.25) is 0 Å². The number of carbonyl (C=O) groups excluding carboxylic acids is 1. The number of aromatic nitrogens is 2. The zero-order chi connectivity index (χ0) is 17.4. The van der Waals surface area contributed by atoms with Gasteiger partial charge in [0.2, 0.25) is 11.7 Å². The van der Waals surface area contributed by atoms with Crippen LogP contribution in [0, 0.1) is 5.92 Å². The lowest BCUT2D eigenvalue weighted by atomic mass is 10.1. The van der Waals surface area contributed by atoms with Crippen LogP contribution in [0.15, 0.2) is 28.8 Å². The Morgan fingerprint density at radius 2 is 2.12 bits per heavy atom. The van der Waals surface area contributed by atoms with Gasteiger partial charge < -0.3 is 19.8 Å². The molecule has 0 spiro atoms. The van der Waals surface area contributed by atoms with Gasteiger partial charge in [-0.25, -0.2) is 4.79 Å². The van der Waals surface area contributed by atoms with Gasteiger partial charge in [-0.1, -0.05) is 17.3 Å². The van der Waals surface area contributed by atoms with Crippen molar-refractivity contribution in [2.75, 3.05) is 18.4 Å². The molecule has 1 unspecified atom stereocenters. The number of nitrogens with one attached hydrogen (secondary N) is 1. The van der Waals surface area contributed by atoms with Gasteiger partial charge in [0.1, 0.15) is 0 Å². The van der Waals surface area contributed by atoms with E-state index in [1.807, 2.05) is 12.1 Å². The van der Waals surface area contributed by atoms with Crippen molar-refractivity contribution in [1.82, 2.24) is 15.0 Å². The van der Waals surface area contributed by atoms with Crippen LogP contribution in [0.25, 0.3) is 11.4 Å². The van der Waals surface area contributed by atoms with Crippen molar-refractivity contribution < 1.29 is 19.2 Å². The molecule has 25 heavy (non-hydrogen) atoms. The number of anilines is 1. The van der Waals surface area contributed by atoms with E-state index in [0.717, 1.165) is 18.4 Å². The molecule has 1 aliphatic heterocycles. The third-order valence-corrected chi connectivity index (χ3v) is 4.57. The van der Waals surface area contributed by atoms with Gasteiger partial charge in [-0.3, -0.25) is 4.79 Å². The third kappa shape index (κ3) is 3.33. The molecule has 1 aromatic carbocycles. The predicted molar refractivity (Wildman–Crippen MR) is 88.0 cm³/mol. The third-order valence-electron chi connectivity index (χ3n) is 4.57. The van der Waals surface area contributed by atoms with Crippen molar-refractivity contribution in [2.45, 2.75) is 25.2 Å². The predicted octanol–water partition coefficient (Wildman–Crippen LogP) is 2.55. The van der Waals surface area contributed by atoms with Crippen molar-refractivity contribution in [3.63, 3.8) is 0 Å². The molecule has 8 nitrogen and oxygen atoms in total. The number of urea groups is 1. The average molecular weight is 342 g/mol. The van der Waals surface area contributed by atoms with Crippen LogP contribution in [0.1, 0.15) is 31.1 Å². The largest absolute Gasteiger partial charge is 0.481 e. The minimum Gasteiger partial charge on any atom is -0.481 e. The Hall–Kier alpha value is -2.90. The number of carbonyl (C=O) groups is 2. The van der Waals surface area contributed by atoms with E-state index in [1.165, 1.54) is 4.90 Å². The minimum absolute atomic E-state index is 0.233. The van der Waals surface area contributed by atoms with E-state index in [9.17, 15) is 9.59 Å². The maximum atomic E-state index is 12.3. The zero-order valence-electron chi connectivity index (χ0n) is 13.5. The number of nitrogens with zero attached hydrogens (tertiary/aromatic N) is 3. The van der Waals surface area contributed by atoms with Crippen molar-refractivity contribution in [3.05, 3.63) is 30.2 Å². The summed E-state index contributed by atoms with van der Waals surface area (Å²) in [4.78, 5) is 29.2. The molecule has 2 heterocycles. The maximum Gasteiger partial charge on any atom is 0.321 e. The summed E-state index contributed by atoms with van der Waals surface area (Å²) in [6.07, 6.45) is 2.66. The molecule has 1 atom stereocenters. The van der Waals surface area contributed by atoms with Crippen LogP contribution in [-0.4, -0.2) is 45.2 Å². The summed E-state index contributed by atoms with van der Waals surface area (Å²) in [5.41, 5.74) is 1.37. The Morgan fingerprint density at radius 1 is 1.28 bits per heavy atom. The molecular weight excluding hydrogens is 324 g/mol. The van der Waals surface area contributed by atoms with E-state index in [2.05, 4.69) is 15.5 Å². The zero-order valence-corrected chi connectivity index (χ0v) is 13.5. The fourth-order valence-corrected chi connectivity index (χ4v) is 2.93. The Balaban J connectivity index is 1.44. The van der Waals surface area contributed by atoms with Gasteiger partial charge in [-0.15, -0.1) is 0 Å². The second-order valence-corrected chi connectivity index (χ2v) is 6.51. The summed E-state index contributed by atoms with van der Waals surface area (Å²) < 4.78 is 5.27. The molecule has 1 aromatic heterocycles. The Bertz CT molecular complexity index is 814. The normalized spacial score (nSPS) is 19.8. The summed E-state index contributed by atoms with van der Waals surface area (Å²) in [7, 11) is 0. The van der Waals surface area contributed by atoms with Gasteiger partial charge >= 0.3 is 12.0 Å². The van der Waals surface area contributed by atoms with Crippen molar-refractivity contribution in [1.29, 1.82) is 0 Å². The summed E-state index contributed by atoms with van der Waals surface area (Å²) in [5, 5.41) is 15.8. The maximum absolute atomic E-state index is 12.3. The van der Waals surface area contributed by atoms with Gasteiger partial charge in [-0.05, 0) is 31.4 Å². The van der Waals surface area contributed by atoms with Gasteiger partial charge in [-0.2, -0.15) is 4.98 Å². The number of hydrogen-bond donors (Lipinski definition) is 2. The number of carboxylic acids is 1. The van der Waals surface area contributed by atoms with Crippen molar-refractivity contribution in [2.24, 2.45) is 5.92 Å². The second kappa shape index (κ2) is 6.19. The Kier molecular flexibility index (Phi) is 3.87. The Labute approximate surface area is 143 Å². The van der Waals surface area contributed by atoms with Gasteiger partial charge in [0.15, 0.2) is 0 Å². The summed E-state index contributed by atoms with van der Waals surface area (Å²) in [6.45, 7) is 0.675.